The largest absolute Gasteiger partial charge is 0.494 e. The Morgan fingerprint density at radius 2 is 1.81 bits per heavy atom. The molecule has 1 saturated heterocycles. The summed E-state index contributed by atoms with van der Waals surface area (Å²) in [4.78, 5) is 30.0. The number of nitrogens with one attached hydrogen (secondary N) is 1. The maximum atomic E-state index is 13.3. The Morgan fingerprint density at radius 1 is 1.02 bits per heavy atom. The number of nitrogen functional groups attached to an aromatic ring is 1. The van der Waals surface area contributed by atoms with E-state index in [1.165, 1.54) is 33.4 Å². The van der Waals surface area contributed by atoms with Crippen LogP contribution in [0.2, 0.25) is 10.0 Å². The topological polar surface area (TPSA) is 181 Å². The summed E-state index contributed by atoms with van der Waals surface area (Å²) in [5.74, 6) is 1.14. The molecule has 13 nitrogen and oxygen atoms in total. The predicted octanol–water partition coefficient (Wildman–Crippen LogP) is 5.75. The molecule has 4 atom stereocenters. The van der Waals surface area contributed by atoms with Crippen LogP contribution >= 0.6 is 34.5 Å². The monoisotopic (exact) mass is 781 g/mol. The number of benzene rings is 2. The van der Waals surface area contributed by atoms with Crippen molar-refractivity contribution in [1.29, 1.82) is 0 Å². The number of hydrogen-bond acceptors (Lipinski definition) is 13. The van der Waals surface area contributed by atoms with Crippen LogP contribution in [-0.4, -0.2) is 90.1 Å². The van der Waals surface area contributed by atoms with Gasteiger partial charge in [-0.1, -0.05) is 42.5 Å². The Labute approximate surface area is 320 Å². The van der Waals surface area contributed by atoms with Crippen molar-refractivity contribution in [3.63, 3.8) is 0 Å². The number of aromatic nitrogens is 4. The van der Waals surface area contributed by atoms with E-state index in [0.29, 0.717) is 49.8 Å². The van der Waals surface area contributed by atoms with E-state index in [1.54, 1.807) is 18.2 Å². The Hall–Kier alpha value is -3.86. The normalized spacial score (nSPS) is 20.2. The highest BCUT2D eigenvalue weighted by atomic mass is 35.5. The van der Waals surface area contributed by atoms with Crippen LogP contribution in [0, 0.1) is 0 Å². The zero-order valence-corrected chi connectivity index (χ0v) is 31.2. The van der Waals surface area contributed by atoms with Crippen LogP contribution in [0.4, 0.5) is 16.5 Å². The van der Waals surface area contributed by atoms with E-state index >= 15 is 0 Å². The standard InChI is InChI=1S/C37H41Cl2N7O6S/c38-25-11-6-21(16-26(25)39)31(48)29-24-12-14-45(17-28(24)53-34(29)40)13-4-2-1-3-5-15-51-23-9-7-22(8-10-23)44-35-30-36(42-19-41-35)46(20-43-30)37-33(50)32(49)27(18-47)52-37/h6-11,16,19-20,27,32-33,37,47,49-50H,1-5,12-15,17-18,40H2,(H,41,42,44)/t27-,32-,33-,37-/m1/s1. The molecular formula is C37H41Cl2N7O6S. The number of nitrogens with two attached hydrogens (primary N) is 1. The minimum atomic E-state index is -1.25. The molecule has 16 heteroatoms. The fourth-order valence-electron chi connectivity index (χ4n) is 6.87. The van der Waals surface area contributed by atoms with E-state index < -0.39 is 31.1 Å². The minimum Gasteiger partial charge on any atom is -0.494 e. The zero-order valence-electron chi connectivity index (χ0n) is 28.8. The fourth-order valence-corrected chi connectivity index (χ4v) is 8.32. The van der Waals surface area contributed by atoms with Crippen LogP contribution < -0.4 is 15.8 Å². The molecule has 2 aromatic carbocycles. The van der Waals surface area contributed by atoms with Crippen LogP contribution in [0.1, 0.15) is 64.7 Å². The number of hydrogen-bond donors (Lipinski definition) is 5. The van der Waals surface area contributed by atoms with Gasteiger partial charge < -0.3 is 35.8 Å². The Morgan fingerprint density at radius 3 is 2.58 bits per heavy atom. The second-order valence-corrected chi connectivity index (χ2v) is 15.2. The van der Waals surface area contributed by atoms with Crippen molar-refractivity contribution in [2.45, 2.75) is 69.6 Å². The van der Waals surface area contributed by atoms with Crippen LogP contribution in [-0.2, 0) is 17.7 Å². The maximum absolute atomic E-state index is 13.3. The SMILES string of the molecule is Nc1sc2c(c1C(=O)c1ccc(Cl)c(Cl)c1)CCN(CCCCCCCOc1ccc(Nc3ncnc4c3ncn4[C@@H]3O[C@H](CO)[C@@H](O)[C@H]3O)cc1)C2. The van der Waals surface area contributed by atoms with Gasteiger partial charge in [-0.25, -0.2) is 15.0 Å². The van der Waals surface area contributed by atoms with Crippen molar-refractivity contribution in [2.24, 2.45) is 0 Å². The van der Waals surface area contributed by atoms with Gasteiger partial charge in [-0.2, -0.15) is 0 Å². The number of nitrogens with zero attached hydrogens (tertiary/aromatic N) is 5. The van der Waals surface area contributed by atoms with Gasteiger partial charge in [0.15, 0.2) is 29.0 Å². The third-order valence-electron chi connectivity index (χ3n) is 9.73. The summed E-state index contributed by atoms with van der Waals surface area (Å²) in [5.41, 5.74) is 10.2. The van der Waals surface area contributed by atoms with Crippen molar-refractivity contribution in [1.82, 2.24) is 24.4 Å². The molecule has 0 aliphatic carbocycles. The number of aliphatic hydroxyl groups excluding tert-OH is 3. The first-order valence-electron chi connectivity index (χ1n) is 17.6. The van der Waals surface area contributed by atoms with Crippen LogP contribution in [0.25, 0.3) is 11.2 Å². The molecular weight excluding hydrogens is 741 g/mol. The van der Waals surface area contributed by atoms with Gasteiger partial charge in [0.2, 0.25) is 0 Å². The number of ether oxygens (including phenoxy) is 2. The van der Waals surface area contributed by atoms with Gasteiger partial charge in [0, 0.05) is 29.2 Å². The number of aliphatic hydroxyl groups is 3. The highest BCUT2D eigenvalue weighted by molar-refractivity contribution is 7.16. The lowest BCUT2D eigenvalue weighted by atomic mass is 9.96. The number of unbranched alkanes of at least 4 members (excludes halogenated alkanes) is 4. The Kier molecular flexibility index (Phi) is 11.8. The molecule has 0 spiro atoms. The molecule has 5 aromatic rings. The summed E-state index contributed by atoms with van der Waals surface area (Å²) in [7, 11) is 0. The summed E-state index contributed by atoms with van der Waals surface area (Å²) in [6, 6.07) is 12.5. The number of fused-ring (bicyclic) bond motifs is 2. The van der Waals surface area contributed by atoms with E-state index in [-0.39, 0.29) is 5.78 Å². The van der Waals surface area contributed by atoms with Crippen molar-refractivity contribution < 1.29 is 29.6 Å². The van der Waals surface area contributed by atoms with E-state index in [2.05, 4.69) is 25.2 Å². The molecule has 0 bridgehead atoms. The first-order valence-corrected chi connectivity index (χ1v) is 19.2. The van der Waals surface area contributed by atoms with Gasteiger partial charge in [0.05, 0.1) is 40.2 Å². The highest BCUT2D eigenvalue weighted by Gasteiger charge is 2.44. The van der Waals surface area contributed by atoms with Crippen molar-refractivity contribution in [3.05, 3.63) is 86.7 Å². The van der Waals surface area contributed by atoms with Gasteiger partial charge in [-0.15, -0.1) is 11.3 Å². The Bertz CT molecular complexity index is 2060. The second-order valence-electron chi connectivity index (χ2n) is 13.3. The average molecular weight is 783 g/mol. The number of ketones is 1. The lowest BCUT2D eigenvalue weighted by molar-refractivity contribution is -0.0511. The van der Waals surface area contributed by atoms with Crippen LogP contribution in [0.5, 0.6) is 5.75 Å². The third kappa shape index (κ3) is 8.15. The number of anilines is 3. The predicted molar refractivity (Wildman–Crippen MR) is 204 cm³/mol. The number of imidazole rings is 1. The molecule has 5 heterocycles. The van der Waals surface area contributed by atoms with E-state index in [1.807, 2.05) is 24.3 Å². The van der Waals surface area contributed by atoms with Crippen LogP contribution in [0.3, 0.4) is 0 Å². The van der Waals surface area contributed by atoms with Gasteiger partial charge in [-0.3, -0.25) is 14.3 Å². The number of carbonyl (C=O) groups excluding carboxylic acids is 1. The van der Waals surface area contributed by atoms with Crippen LogP contribution in [0.15, 0.2) is 55.1 Å². The summed E-state index contributed by atoms with van der Waals surface area (Å²) < 4.78 is 13.1. The molecule has 6 N–H and O–H groups in total. The molecule has 280 valence electrons. The number of halogens is 2. The first kappa shape index (κ1) is 37.5. The van der Waals surface area contributed by atoms with E-state index in [9.17, 15) is 20.1 Å². The maximum Gasteiger partial charge on any atom is 0.196 e. The van der Waals surface area contributed by atoms with E-state index in [4.69, 9.17) is 38.4 Å². The Balaban J connectivity index is 0.811. The molecule has 0 radical (unpaired) electrons. The number of rotatable bonds is 15. The van der Waals surface area contributed by atoms with Crippen molar-refractivity contribution >= 4 is 68.0 Å². The van der Waals surface area contributed by atoms with Crippen molar-refractivity contribution in [3.8, 4) is 5.75 Å². The third-order valence-corrected chi connectivity index (χ3v) is 11.5. The molecule has 2 aliphatic heterocycles. The average Bonchev–Trinajstić information content (AvgIpc) is 3.83. The summed E-state index contributed by atoms with van der Waals surface area (Å²) in [6.45, 7) is 2.94. The molecule has 53 heavy (non-hydrogen) atoms. The quantitative estimate of drug-likeness (QED) is 0.0642. The first-order chi connectivity index (χ1) is 25.7. The van der Waals surface area contributed by atoms with Gasteiger partial charge in [0.25, 0.3) is 0 Å². The molecule has 0 unspecified atom stereocenters. The molecule has 3 aromatic heterocycles. The lowest BCUT2D eigenvalue weighted by Gasteiger charge is -2.27. The fraction of sp³-hybridized carbons (Fsp3) is 0.405. The highest BCUT2D eigenvalue weighted by Crippen LogP contribution is 2.38. The van der Waals surface area contributed by atoms with E-state index in [0.717, 1.165) is 75.2 Å². The molecule has 7 rings (SSSR count). The molecule has 1 fully saturated rings. The molecule has 0 amide bonds. The smallest absolute Gasteiger partial charge is 0.196 e. The van der Waals surface area contributed by atoms with Gasteiger partial charge in [-0.05, 0) is 73.8 Å². The second kappa shape index (κ2) is 16.7. The number of thiophene rings is 1. The zero-order chi connectivity index (χ0) is 37.1. The lowest BCUT2D eigenvalue weighted by Crippen LogP contribution is -2.33. The summed E-state index contributed by atoms with van der Waals surface area (Å²) >= 11 is 13.7. The summed E-state index contributed by atoms with van der Waals surface area (Å²) in [6.07, 6.45) is 4.78. The number of carbonyl (C=O) groups is 1. The van der Waals surface area contributed by atoms with Gasteiger partial charge >= 0.3 is 0 Å². The minimum absolute atomic E-state index is 0.101. The molecule has 0 saturated carbocycles. The van der Waals surface area contributed by atoms with Crippen molar-refractivity contribution in [2.75, 3.05) is 37.4 Å². The summed E-state index contributed by atoms with van der Waals surface area (Å²) in [5, 5.41) is 34.6. The molecule has 2 aliphatic rings. The van der Waals surface area contributed by atoms with Gasteiger partial charge in [0.1, 0.15) is 30.4 Å².